The molecule has 0 heterocycles. The van der Waals surface area contributed by atoms with Crippen LogP contribution >= 0.6 is 0 Å². The van der Waals surface area contributed by atoms with Crippen molar-refractivity contribution >= 4 is 5.91 Å². The number of amides is 1. The second-order valence-electron chi connectivity index (χ2n) is 6.35. The molecule has 0 atom stereocenters. The van der Waals surface area contributed by atoms with Gasteiger partial charge in [0.05, 0.1) is 0 Å². The zero-order valence-electron chi connectivity index (χ0n) is 16.1. The Morgan fingerprint density at radius 2 is 1.27 bits per heavy atom. The van der Waals surface area contributed by atoms with Crippen molar-refractivity contribution in [2.45, 2.75) is 26.4 Å². The minimum absolute atomic E-state index is 0.274. The molecule has 0 saturated heterocycles. The average molecular weight is 354 g/mol. The summed E-state index contributed by atoms with van der Waals surface area (Å²) < 4.78 is 0. The molecule has 0 aromatic heterocycles. The first-order chi connectivity index (χ1) is 12.6. The van der Waals surface area contributed by atoms with Gasteiger partial charge in [-0.3, -0.25) is 4.79 Å². The topological polar surface area (TPSA) is 43.8 Å². The van der Waals surface area contributed by atoms with Crippen molar-refractivity contribution in [1.29, 1.82) is 0 Å². The first-order valence-electron chi connectivity index (χ1n) is 9.43. The van der Waals surface area contributed by atoms with Gasteiger partial charge in [-0.15, -0.1) is 0 Å². The zero-order chi connectivity index (χ0) is 19.0. The van der Waals surface area contributed by atoms with Crippen LogP contribution in [-0.4, -0.2) is 53.5 Å². The molecule has 0 fully saturated rings. The van der Waals surface area contributed by atoms with Gasteiger partial charge in [0, 0.05) is 19.6 Å². The highest BCUT2D eigenvalue weighted by atomic mass is 16.3. The number of rotatable bonds is 9. The van der Waals surface area contributed by atoms with Crippen molar-refractivity contribution in [2.75, 3.05) is 32.7 Å². The standard InChI is InChI=1S/C22H30N2O2/c1-4-23(5-2)17-18-24(6-3)21(25)22(26,19-13-9-7-10-14-19)20-15-11-8-12-16-20/h7-16,26H,4-6,17-18H2,1-3H3. The fraction of sp³-hybridized carbons (Fsp3) is 0.409. The van der Waals surface area contributed by atoms with Crippen LogP contribution in [0.3, 0.4) is 0 Å². The maximum Gasteiger partial charge on any atom is 0.264 e. The molecule has 0 radical (unpaired) electrons. The maximum absolute atomic E-state index is 13.4. The fourth-order valence-corrected chi connectivity index (χ4v) is 3.21. The zero-order valence-corrected chi connectivity index (χ0v) is 16.1. The first kappa shape index (κ1) is 20.1. The summed E-state index contributed by atoms with van der Waals surface area (Å²) in [5.41, 5.74) is -0.489. The van der Waals surface area contributed by atoms with Crippen LogP contribution in [0.15, 0.2) is 60.7 Å². The largest absolute Gasteiger partial charge is 0.372 e. The predicted molar refractivity (Wildman–Crippen MR) is 106 cm³/mol. The summed E-state index contributed by atoms with van der Waals surface area (Å²) in [6, 6.07) is 18.4. The molecule has 0 unspecified atom stereocenters. The summed E-state index contributed by atoms with van der Waals surface area (Å²) in [6.07, 6.45) is 0. The second-order valence-corrected chi connectivity index (χ2v) is 6.35. The minimum atomic E-state index is -1.68. The maximum atomic E-state index is 13.4. The Morgan fingerprint density at radius 3 is 1.65 bits per heavy atom. The van der Waals surface area contributed by atoms with Gasteiger partial charge in [-0.2, -0.15) is 0 Å². The lowest BCUT2D eigenvalue weighted by atomic mass is 9.85. The van der Waals surface area contributed by atoms with E-state index < -0.39 is 5.60 Å². The minimum Gasteiger partial charge on any atom is -0.372 e. The molecule has 2 rings (SSSR count). The van der Waals surface area contributed by atoms with Gasteiger partial charge in [-0.1, -0.05) is 74.5 Å². The van der Waals surface area contributed by atoms with Gasteiger partial charge in [-0.05, 0) is 31.1 Å². The van der Waals surface area contributed by atoms with Gasteiger partial charge in [0.1, 0.15) is 0 Å². The molecule has 4 nitrogen and oxygen atoms in total. The smallest absolute Gasteiger partial charge is 0.264 e. The molecule has 0 spiro atoms. The van der Waals surface area contributed by atoms with Gasteiger partial charge < -0.3 is 14.9 Å². The van der Waals surface area contributed by atoms with E-state index in [4.69, 9.17) is 0 Å². The van der Waals surface area contributed by atoms with Crippen LogP contribution in [0.1, 0.15) is 31.9 Å². The summed E-state index contributed by atoms with van der Waals surface area (Å²) in [4.78, 5) is 17.5. The van der Waals surface area contributed by atoms with Crippen LogP contribution in [0.5, 0.6) is 0 Å². The lowest BCUT2D eigenvalue weighted by molar-refractivity contribution is -0.148. The first-order valence-corrected chi connectivity index (χ1v) is 9.43. The summed E-state index contributed by atoms with van der Waals surface area (Å²) in [7, 11) is 0. The highest BCUT2D eigenvalue weighted by Gasteiger charge is 2.42. The number of hydrogen-bond acceptors (Lipinski definition) is 3. The molecule has 0 saturated carbocycles. The molecule has 4 heteroatoms. The molecular weight excluding hydrogens is 324 g/mol. The summed E-state index contributed by atoms with van der Waals surface area (Å²) in [5.74, 6) is -0.274. The highest BCUT2D eigenvalue weighted by molar-refractivity contribution is 5.90. The van der Waals surface area contributed by atoms with E-state index in [2.05, 4.69) is 18.7 Å². The van der Waals surface area contributed by atoms with Crippen molar-refractivity contribution in [3.05, 3.63) is 71.8 Å². The Labute approximate surface area is 157 Å². The van der Waals surface area contributed by atoms with E-state index in [-0.39, 0.29) is 5.91 Å². The molecule has 0 aliphatic heterocycles. The van der Waals surface area contributed by atoms with Gasteiger partial charge in [-0.25, -0.2) is 0 Å². The SMILES string of the molecule is CCN(CC)CCN(CC)C(=O)C(O)(c1ccccc1)c1ccccc1. The lowest BCUT2D eigenvalue weighted by Crippen LogP contribution is -2.49. The number of nitrogens with zero attached hydrogens (tertiary/aromatic N) is 2. The normalized spacial score (nSPS) is 11.6. The number of likely N-dealkylation sites (N-methyl/N-ethyl adjacent to an activating group) is 2. The van der Waals surface area contributed by atoms with E-state index in [9.17, 15) is 9.90 Å². The number of hydrogen-bond donors (Lipinski definition) is 1. The summed E-state index contributed by atoms with van der Waals surface area (Å²) >= 11 is 0. The highest BCUT2D eigenvalue weighted by Crippen LogP contribution is 2.31. The van der Waals surface area contributed by atoms with Gasteiger partial charge in [0.25, 0.3) is 5.91 Å². The van der Waals surface area contributed by atoms with E-state index in [1.807, 2.05) is 67.6 Å². The quantitative estimate of drug-likeness (QED) is 0.752. The van der Waals surface area contributed by atoms with Crippen molar-refractivity contribution in [1.82, 2.24) is 9.80 Å². The Balaban J connectivity index is 2.37. The third-order valence-corrected chi connectivity index (χ3v) is 4.94. The second kappa shape index (κ2) is 9.51. The monoisotopic (exact) mass is 354 g/mol. The Kier molecular flexibility index (Phi) is 7.37. The lowest BCUT2D eigenvalue weighted by Gasteiger charge is -2.34. The Bertz CT molecular complexity index is 630. The van der Waals surface area contributed by atoms with Crippen LogP contribution < -0.4 is 0 Å². The molecule has 0 bridgehead atoms. The van der Waals surface area contributed by atoms with Crippen LogP contribution in [0.25, 0.3) is 0 Å². The van der Waals surface area contributed by atoms with Gasteiger partial charge >= 0.3 is 0 Å². The van der Waals surface area contributed by atoms with Crippen LogP contribution in [0, 0.1) is 0 Å². The number of carbonyl (C=O) groups excluding carboxylic acids is 1. The van der Waals surface area contributed by atoms with Crippen LogP contribution in [0.2, 0.25) is 0 Å². The molecule has 1 N–H and O–H groups in total. The van der Waals surface area contributed by atoms with E-state index in [1.165, 1.54) is 0 Å². The molecule has 2 aromatic carbocycles. The average Bonchev–Trinajstić information content (AvgIpc) is 2.71. The van der Waals surface area contributed by atoms with Gasteiger partial charge in [0.15, 0.2) is 5.60 Å². The van der Waals surface area contributed by atoms with E-state index in [1.54, 1.807) is 4.90 Å². The molecule has 140 valence electrons. The molecular formula is C22H30N2O2. The van der Waals surface area contributed by atoms with E-state index in [0.717, 1.165) is 19.6 Å². The van der Waals surface area contributed by atoms with Crippen molar-refractivity contribution in [3.8, 4) is 0 Å². The third-order valence-electron chi connectivity index (χ3n) is 4.94. The van der Waals surface area contributed by atoms with E-state index in [0.29, 0.717) is 24.2 Å². The van der Waals surface area contributed by atoms with Gasteiger partial charge in [0.2, 0.25) is 0 Å². The van der Waals surface area contributed by atoms with Crippen molar-refractivity contribution in [2.24, 2.45) is 0 Å². The predicted octanol–water partition coefficient (Wildman–Crippen LogP) is 3.11. The summed E-state index contributed by atoms with van der Waals surface area (Å²) in [5, 5.41) is 11.6. The Hall–Kier alpha value is -2.17. The number of carbonyl (C=O) groups is 1. The summed E-state index contributed by atoms with van der Waals surface area (Å²) in [6.45, 7) is 10.0. The third kappa shape index (κ3) is 4.32. The van der Waals surface area contributed by atoms with E-state index >= 15 is 0 Å². The van der Waals surface area contributed by atoms with Crippen molar-refractivity contribution < 1.29 is 9.90 Å². The molecule has 2 aromatic rings. The van der Waals surface area contributed by atoms with Crippen molar-refractivity contribution in [3.63, 3.8) is 0 Å². The molecule has 0 aliphatic carbocycles. The number of benzene rings is 2. The molecule has 0 aliphatic rings. The van der Waals surface area contributed by atoms with Crippen LogP contribution in [0.4, 0.5) is 0 Å². The number of aliphatic hydroxyl groups is 1. The Morgan fingerprint density at radius 1 is 0.808 bits per heavy atom. The fourth-order valence-electron chi connectivity index (χ4n) is 3.21. The van der Waals surface area contributed by atoms with Crippen LogP contribution in [-0.2, 0) is 10.4 Å². The molecule has 26 heavy (non-hydrogen) atoms. The molecule has 1 amide bonds.